The third-order valence-electron chi connectivity index (χ3n) is 3.10. The minimum absolute atomic E-state index is 0.493. The molecule has 0 aromatic rings. The number of hydrogen-bond acceptors (Lipinski definition) is 3. The van der Waals surface area contributed by atoms with E-state index in [1.165, 1.54) is 19.4 Å². The molecule has 2 unspecified atom stereocenters. The highest BCUT2D eigenvalue weighted by atomic mass is 16.5. The van der Waals surface area contributed by atoms with Crippen LogP contribution < -0.4 is 10.6 Å². The summed E-state index contributed by atoms with van der Waals surface area (Å²) in [7, 11) is 0. The van der Waals surface area contributed by atoms with E-state index in [0.717, 1.165) is 19.8 Å². The lowest BCUT2D eigenvalue weighted by Gasteiger charge is -2.24. The third-order valence-corrected chi connectivity index (χ3v) is 3.10. The standard InChI is InChI=1S/C12H26N2O/c1-4-15-9-12(10(2)3)14-8-11-6-5-7-13-11/h10-14H,4-9H2,1-3H3. The van der Waals surface area contributed by atoms with Gasteiger partial charge in [-0.1, -0.05) is 13.8 Å². The summed E-state index contributed by atoms with van der Waals surface area (Å²) in [6.07, 6.45) is 2.64. The van der Waals surface area contributed by atoms with Crippen molar-refractivity contribution in [1.29, 1.82) is 0 Å². The summed E-state index contributed by atoms with van der Waals surface area (Å²) < 4.78 is 5.49. The highest BCUT2D eigenvalue weighted by Gasteiger charge is 2.17. The molecule has 0 aliphatic carbocycles. The fourth-order valence-electron chi connectivity index (χ4n) is 1.96. The van der Waals surface area contributed by atoms with Gasteiger partial charge < -0.3 is 15.4 Å². The molecule has 1 fully saturated rings. The highest BCUT2D eigenvalue weighted by molar-refractivity contribution is 4.79. The average Bonchev–Trinajstić information content (AvgIpc) is 2.70. The van der Waals surface area contributed by atoms with Crippen molar-refractivity contribution in [2.24, 2.45) is 5.92 Å². The first kappa shape index (κ1) is 12.9. The number of ether oxygens (including phenoxy) is 1. The van der Waals surface area contributed by atoms with Crippen LogP contribution in [0.4, 0.5) is 0 Å². The quantitative estimate of drug-likeness (QED) is 0.672. The lowest BCUT2D eigenvalue weighted by atomic mass is 10.0. The fraction of sp³-hybridized carbons (Fsp3) is 1.00. The second-order valence-corrected chi connectivity index (χ2v) is 4.71. The van der Waals surface area contributed by atoms with Crippen molar-refractivity contribution in [2.45, 2.75) is 45.7 Å². The van der Waals surface area contributed by atoms with E-state index in [4.69, 9.17) is 4.74 Å². The summed E-state index contributed by atoms with van der Waals surface area (Å²) in [4.78, 5) is 0. The number of nitrogens with one attached hydrogen (secondary N) is 2. The summed E-state index contributed by atoms with van der Waals surface area (Å²) in [5.74, 6) is 0.637. The highest BCUT2D eigenvalue weighted by Crippen LogP contribution is 2.06. The zero-order chi connectivity index (χ0) is 11.1. The predicted octanol–water partition coefficient (Wildman–Crippen LogP) is 1.39. The van der Waals surface area contributed by atoms with E-state index in [-0.39, 0.29) is 0 Å². The topological polar surface area (TPSA) is 33.3 Å². The van der Waals surface area contributed by atoms with Crippen LogP contribution in [0.25, 0.3) is 0 Å². The second-order valence-electron chi connectivity index (χ2n) is 4.71. The van der Waals surface area contributed by atoms with E-state index in [0.29, 0.717) is 18.0 Å². The van der Waals surface area contributed by atoms with Crippen LogP contribution in [-0.4, -0.2) is 38.4 Å². The molecule has 0 aromatic carbocycles. The monoisotopic (exact) mass is 214 g/mol. The molecule has 0 radical (unpaired) electrons. The summed E-state index contributed by atoms with van der Waals surface area (Å²) >= 11 is 0. The Morgan fingerprint density at radius 2 is 2.27 bits per heavy atom. The van der Waals surface area contributed by atoms with Gasteiger partial charge >= 0.3 is 0 Å². The lowest BCUT2D eigenvalue weighted by Crippen LogP contribution is -2.44. The zero-order valence-corrected chi connectivity index (χ0v) is 10.4. The number of rotatable bonds is 7. The molecule has 2 atom stereocenters. The molecule has 0 saturated carbocycles. The van der Waals surface area contributed by atoms with Crippen molar-refractivity contribution in [3.8, 4) is 0 Å². The van der Waals surface area contributed by atoms with Gasteiger partial charge in [-0.15, -0.1) is 0 Å². The van der Waals surface area contributed by atoms with Gasteiger partial charge in [-0.3, -0.25) is 0 Å². The van der Waals surface area contributed by atoms with E-state index >= 15 is 0 Å². The van der Waals surface area contributed by atoms with E-state index in [1.54, 1.807) is 0 Å². The Bertz CT molecular complexity index is 156. The minimum atomic E-state index is 0.493. The van der Waals surface area contributed by atoms with Crippen LogP contribution in [0.1, 0.15) is 33.6 Å². The van der Waals surface area contributed by atoms with Crippen LogP contribution in [0.15, 0.2) is 0 Å². The van der Waals surface area contributed by atoms with Gasteiger partial charge in [0.25, 0.3) is 0 Å². The summed E-state index contributed by atoms with van der Waals surface area (Å²) in [5, 5.41) is 7.11. The Hall–Kier alpha value is -0.120. The van der Waals surface area contributed by atoms with Gasteiger partial charge in [0.1, 0.15) is 0 Å². The molecule has 15 heavy (non-hydrogen) atoms. The van der Waals surface area contributed by atoms with Crippen LogP contribution in [0, 0.1) is 5.92 Å². The molecule has 1 rings (SSSR count). The van der Waals surface area contributed by atoms with E-state index in [2.05, 4.69) is 31.4 Å². The SMILES string of the molecule is CCOCC(NCC1CCCN1)C(C)C. The van der Waals surface area contributed by atoms with Crippen molar-refractivity contribution >= 4 is 0 Å². The molecule has 1 aliphatic heterocycles. The zero-order valence-electron chi connectivity index (χ0n) is 10.4. The van der Waals surface area contributed by atoms with Gasteiger partial charge in [0.05, 0.1) is 6.61 Å². The fourth-order valence-corrected chi connectivity index (χ4v) is 1.96. The normalized spacial score (nSPS) is 23.6. The first-order valence-corrected chi connectivity index (χ1v) is 6.28. The molecular weight excluding hydrogens is 188 g/mol. The van der Waals surface area contributed by atoms with Gasteiger partial charge in [-0.2, -0.15) is 0 Å². The maximum Gasteiger partial charge on any atom is 0.0621 e. The Morgan fingerprint density at radius 1 is 1.47 bits per heavy atom. The first-order valence-electron chi connectivity index (χ1n) is 6.28. The van der Waals surface area contributed by atoms with Gasteiger partial charge in [0, 0.05) is 25.2 Å². The van der Waals surface area contributed by atoms with Gasteiger partial charge in [0.2, 0.25) is 0 Å². The first-order chi connectivity index (χ1) is 7.24. The van der Waals surface area contributed by atoms with Crippen LogP contribution in [0.5, 0.6) is 0 Å². The Kier molecular flexibility index (Phi) is 6.22. The lowest BCUT2D eigenvalue weighted by molar-refractivity contribution is 0.107. The Morgan fingerprint density at radius 3 is 2.80 bits per heavy atom. The largest absolute Gasteiger partial charge is 0.380 e. The molecule has 3 nitrogen and oxygen atoms in total. The van der Waals surface area contributed by atoms with Crippen molar-refractivity contribution in [3.63, 3.8) is 0 Å². The molecule has 1 aliphatic rings. The van der Waals surface area contributed by atoms with Gasteiger partial charge in [-0.25, -0.2) is 0 Å². The van der Waals surface area contributed by atoms with Crippen molar-refractivity contribution in [2.75, 3.05) is 26.3 Å². The third kappa shape index (κ3) is 4.96. The molecule has 1 heterocycles. The summed E-state index contributed by atoms with van der Waals surface area (Å²) in [5.41, 5.74) is 0. The van der Waals surface area contributed by atoms with Crippen LogP contribution >= 0.6 is 0 Å². The van der Waals surface area contributed by atoms with E-state index in [9.17, 15) is 0 Å². The molecule has 90 valence electrons. The van der Waals surface area contributed by atoms with Gasteiger partial charge in [-0.05, 0) is 32.2 Å². The van der Waals surface area contributed by atoms with Crippen molar-refractivity contribution in [3.05, 3.63) is 0 Å². The predicted molar refractivity (Wildman–Crippen MR) is 64.1 cm³/mol. The minimum Gasteiger partial charge on any atom is -0.380 e. The maximum atomic E-state index is 5.49. The molecular formula is C12H26N2O. The molecule has 1 saturated heterocycles. The summed E-state index contributed by atoms with van der Waals surface area (Å²) in [6.45, 7) is 10.5. The van der Waals surface area contributed by atoms with Crippen LogP contribution in [0.2, 0.25) is 0 Å². The molecule has 3 heteroatoms. The summed E-state index contributed by atoms with van der Waals surface area (Å²) in [6, 6.07) is 1.17. The maximum absolute atomic E-state index is 5.49. The Labute approximate surface area is 94.0 Å². The second kappa shape index (κ2) is 7.20. The molecule has 2 N–H and O–H groups in total. The molecule has 0 aromatic heterocycles. The average molecular weight is 214 g/mol. The van der Waals surface area contributed by atoms with Gasteiger partial charge in [0.15, 0.2) is 0 Å². The molecule has 0 bridgehead atoms. The van der Waals surface area contributed by atoms with Crippen molar-refractivity contribution in [1.82, 2.24) is 10.6 Å². The Balaban J connectivity index is 2.17. The van der Waals surface area contributed by atoms with Crippen molar-refractivity contribution < 1.29 is 4.74 Å². The smallest absolute Gasteiger partial charge is 0.0621 e. The molecule has 0 spiro atoms. The van der Waals surface area contributed by atoms with Crippen LogP contribution in [-0.2, 0) is 4.74 Å². The van der Waals surface area contributed by atoms with E-state index in [1.807, 2.05) is 0 Å². The number of hydrogen-bond donors (Lipinski definition) is 2. The van der Waals surface area contributed by atoms with Crippen LogP contribution in [0.3, 0.4) is 0 Å². The van der Waals surface area contributed by atoms with E-state index < -0.39 is 0 Å². The molecule has 0 amide bonds.